The van der Waals surface area contributed by atoms with Crippen LogP contribution in [0.15, 0.2) is 40.7 Å². The first-order valence-corrected chi connectivity index (χ1v) is 11.3. The smallest absolute Gasteiger partial charge is 0.273 e. The molecule has 2 saturated heterocycles. The topological polar surface area (TPSA) is 79.8 Å². The van der Waals surface area contributed by atoms with Crippen LogP contribution in [0.3, 0.4) is 0 Å². The Morgan fingerprint density at radius 3 is 2.56 bits per heavy atom. The van der Waals surface area contributed by atoms with E-state index in [0.29, 0.717) is 36.9 Å². The van der Waals surface area contributed by atoms with Gasteiger partial charge in [0.15, 0.2) is 0 Å². The summed E-state index contributed by atoms with van der Waals surface area (Å²) >= 11 is 1.43. The van der Waals surface area contributed by atoms with E-state index in [1.807, 2.05) is 5.38 Å². The molecule has 0 radical (unpaired) electrons. The van der Waals surface area contributed by atoms with Crippen molar-refractivity contribution in [3.63, 3.8) is 0 Å². The molecule has 1 aromatic heterocycles. The van der Waals surface area contributed by atoms with Crippen molar-refractivity contribution in [1.82, 2.24) is 14.2 Å². The monoisotopic (exact) mass is 407 g/mol. The van der Waals surface area contributed by atoms with Crippen molar-refractivity contribution in [3.8, 4) is 5.19 Å². The molecule has 7 nitrogen and oxygen atoms in total. The summed E-state index contributed by atoms with van der Waals surface area (Å²) in [5.74, 6) is -0.106. The van der Waals surface area contributed by atoms with Gasteiger partial charge in [0.1, 0.15) is 6.10 Å². The van der Waals surface area contributed by atoms with E-state index in [0.717, 1.165) is 19.3 Å². The van der Waals surface area contributed by atoms with Crippen LogP contribution in [0, 0.1) is 0 Å². The standard InChI is InChI=1S/C18H21N3O4S2/c22-17(20-11-7-15(13-20)25-18-19-8-12-26-18)14-3-5-16(6-4-14)27(23,24)21-9-1-2-10-21/h3-6,8,12,15H,1-2,7,9-11,13H2. The molecule has 144 valence electrons. The number of aromatic nitrogens is 1. The highest BCUT2D eigenvalue weighted by Crippen LogP contribution is 2.23. The first-order valence-electron chi connectivity index (χ1n) is 9.00. The summed E-state index contributed by atoms with van der Waals surface area (Å²) < 4.78 is 32.4. The summed E-state index contributed by atoms with van der Waals surface area (Å²) in [4.78, 5) is 18.8. The second kappa shape index (κ2) is 7.57. The molecule has 9 heteroatoms. The molecule has 2 aliphatic rings. The van der Waals surface area contributed by atoms with E-state index in [2.05, 4.69) is 4.98 Å². The summed E-state index contributed by atoms with van der Waals surface area (Å²) in [6, 6.07) is 6.25. The van der Waals surface area contributed by atoms with Gasteiger partial charge in [0.2, 0.25) is 10.0 Å². The van der Waals surface area contributed by atoms with Crippen LogP contribution in [0.2, 0.25) is 0 Å². The molecule has 1 amide bonds. The van der Waals surface area contributed by atoms with Crippen LogP contribution in [-0.4, -0.2) is 60.8 Å². The van der Waals surface area contributed by atoms with Gasteiger partial charge in [-0.15, -0.1) is 0 Å². The Hall–Kier alpha value is -1.97. The molecule has 0 bridgehead atoms. The predicted octanol–water partition coefficient (Wildman–Crippen LogP) is 2.22. The van der Waals surface area contributed by atoms with E-state index in [9.17, 15) is 13.2 Å². The number of carbonyl (C=O) groups is 1. The number of amides is 1. The first kappa shape index (κ1) is 18.4. The van der Waals surface area contributed by atoms with Gasteiger partial charge in [0.25, 0.3) is 11.1 Å². The molecule has 1 atom stereocenters. The zero-order valence-corrected chi connectivity index (χ0v) is 16.4. The van der Waals surface area contributed by atoms with Crippen molar-refractivity contribution >= 4 is 27.3 Å². The average Bonchev–Trinajstić information content (AvgIpc) is 3.44. The highest BCUT2D eigenvalue weighted by molar-refractivity contribution is 7.89. The molecular formula is C18H21N3O4S2. The third-order valence-corrected chi connectivity index (χ3v) is 7.49. The van der Waals surface area contributed by atoms with Crippen molar-refractivity contribution in [2.75, 3.05) is 26.2 Å². The third-order valence-electron chi connectivity index (χ3n) is 4.91. The molecule has 0 aliphatic carbocycles. The Kier molecular flexibility index (Phi) is 5.16. The SMILES string of the molecule is O=C(c1ccc(S(=O)(=O)N2CCCC2)cc1)N1CCC(Oc2nccs2)C1. The maximum atomic E-state index is 12.7. The molecule has 3 heterocycles. The van der Waals surface area contributed by atoms with Crippen LogP contribution in [0.4, 0.5) is 0 Å². The van der Waals surface area contributed by atoms with Crippen LogP contribution < -0.4 is 4.74 Å². The Balaban J connectivity index is 1.41. The summed E-state index contributed by atoms with van der Waals surface area (Å²) in [6.45, 7) is 2.25. The number of nitrogens with zero attached hydrogens (tertiary/aromatic N) is 3. The second-order valence-corrected chi connectivity index (χ2v) is 9.51. The van der Waals surface area contributed by atoms with E-state index in [-0.39, 0.29) is 16.9 Å². The normalized spacial score (nSPS) is 20.9. The highest BCUT2D eigenvalue weighted by Gasteiger charge is 2.30. The maximum absolute atomic E-state index is 12.7. The van der Waals surface area contributed by atoms with Crippen molar-refractivity contribution in [2.45, 2.75) is 30.3 Å². The first-order chi connectivity index (χ1) is 13.0. The minimum atomic E-state index is -3.46. The Morgan fingerprint density at radius 2 is 1.89 bits per heavy atom. The van der Waals surface area contributed by atoms with Crippen molar-refractivity contribution in [2.24, 2.45) is 0 Å². The number of carbonyl (C=O) groups excluding carboxylic acids is 1. The highest BCUT2D eigenvalue weighted by atomic mass is 32.2. The molecule has 2 fully saturated rings. The quantitative estimate of drug-likeness (QED) is 0.759. The summed E-state index contributed by atoms with van der Waals surface area (Å²) in [5, 5.41) is 2.47. The summed E-state index contributed by atoms with van der Waals surface area (Å²) in [6.07, 6.45) is 4.18. The average molecular weight is 408 g/mol. The van der Waals surface area contributed by atoms with Gasteiger partial charge >= 0.3 is 0 Å². The lowest BCUT2D eigenvalue weighted by Gasteiger charge is -2.18. The molecule has 1 aromatic carbocycles. The predicted molar refractivity (Wildman–Crippen MR) is 101 cm³/mol. The number of hydrogen-bond donors (Lipinski definition) is 0. The Morgan fingerprint density at radius 1 is 1.15 bits per heavy atom. The van der Waals surface area contributed by atoms with Crippen molar-refractivity contribution < 1.29 is 17.9 Å². The fourth-order valence-electron chi connectivity index (χ4n) is 3.45. The molecule has 0 spiro atoms. The number of benzene rings is 1. The second-order valence-electron chi connectivity index (χ2n) is 6.71. The number of likely N-dealkylation sites (tertiary alicyclic amines) is 1. The van der Waals surface area contributed by atoms with E-state index in [1.165, 1.54) is 27.8 Å². The minimum Gasteiger partial charge on any atom is -0.465 e. The van der Waals surface area contributed by atoms with E-state index >= 15 is 0 Å². The number of hydrogen-bond acceptors (Lipinski definition) is 6. The van der Waals surface area contributed by atoms with Gasteiger partial charge in [-0.25, -0.2) is 13.4 Å². The van der Waals surface area contributed by atoms with Gasteiger partial charge in [-0.3, -0.25) is 4.79 Å². The molecular weight excluding hydrogens is 386 g/mol. The van der Waals surface area contributed by atoms with Crippen LogP contribution >= 0.6 is 11.3 Å². The largest absolute Gasteiger partial charge is 0.465 e. The lowest BCUT2D eigenvalue weighted by atomic mass is 10.2. The van der Waals surface area contributed by atoms with Gasteiger partial charge in [0.05, 0.1) is 11.4 Å². The van der Waals surface area contributed by atoms with Gasteiger partial charge in [-0.05, 0) is 37.1 Å². The molecule has 0 saturated carbocycles. The summed E-state index contributed by atoms with van der Waals surface area (Å²) in [5.41, 5.74) is 0.491. The van der Waals surface area contributed by atoms with Gasteiger partial charge < -0.3 is 9.64 Å². The van der Waals surface area contributed by atoms with E-state index < -0.39 is 10.0 Å². The molecule has 1 unspecified atom stereocenters. The molecule has 2 aromatic rings. The Bertz CT molecular complexity index is 891. The zero-order valence-electron chi connectivity index (χ0n) is 14.8. The maximum Gasteiger partial charge on any atom is 0.273 e. The lowest BCUT2D eigenvalue weighted by Crippen LogP contribution is -2.31. The lowest BCUT2D eigenvalue weighted by molar-refractivity contribution is 0.0772. The van der Waals surface area contributed by atoms with E-state index in [1.54, 1.807) is 23.2 Å². The fourth-order valence-corrected chi connectivity index (χ4v) is 5.52. The number of rotatable bonds is 5. The fraction of sp³-hybridized carbons (Fsp3) is 0.444. The number of ether oxygens (including phenoxy) is 1. The zero-order chi connectivity index (χ0) is 18.9. The van der Waals surface area contributed by atoms with Crippen LogP contribution in [0.5, 0.6) is 5.19 Å². The number of thiazole rings is 1. The van der Waals surface area contributed by atoms with Gasteiger partial charge in [-0.2, -0.15) is 4.31 Å². The molecule has 0 N–H and O–H groups in total. The van der Waals surface area contributed by atoms with Crippen molar-refractivity contribution in [1.29, 1.82) is 0 Å². The van der Waals surface area contributed by atoms with Crippen LogP contribution in [0.25, 0.3) is 0 Å². The third kappa shape index (κ3) is 3.85. The Labute approximate surface area is 162 Å². The summed E-state index contributed by atoms with van der Waals surface area (Å²) in [7, 11) is -3.46. The van der Waals surface area contributed by atoms with Crippen LogP contribution in [-0.2, 0) is 10.0 Å². The van der Waals surface area contributed by atoms with Gasteiger partial charge in [-0.1, -0.05) is 11.3 Å². The van der Waals surface area contributed by atoms with E-state index in [4.69, 9.17) is 4.74 Å². The molecule has 27 heavy (non-hydrogen) atoms. The van der Waals surface area contributed by atoms with Crippen LogP contribution in [0.1, 0.15) is 29.6 Å². The molecule has 2 aliphatic heterocycles. The van der Waals surface area contributed by atoms with Gasteiger partial charge in [0, 0.05) is 43.2 Å². The molecule has 4 rings (SSSR count). The van der Waals surface area contributed by atoms with Crippen molar-refractivity contribution in [3.05, 3.63) is 41.4 Å². The number of sulfonamides is 1. The minimum absolute atomic E-state index is 0.0603.